The van der Waals surface area contributed by atoms with Crippen LogP contribution in [0.25, 0.3) is 0 Å². The predicted molar refractivity (Wildman–Crippen MR) is 59.9 cm³/mol. The fourth-order valence-electron chi connectivity index (χ4n) is 2.89. The lowest BCUT2D eigenvalue weighted by Gasteiger charge is -2.21. The molecule has 0 aromatic rings. The van der Waals surface area contributed by atoms with Gasteiger partial charge in [-0.05, 0) is 31.1 Å². The van der Waals surface area contributed by atoms with Gasteiger partial charge in [0, 0.05) is 5.92 Å². The molecule has 78 valence electrons. The summed E-state index contributed by atoms with van der Waals surface area (Å²) in [5.41, 5.74) is 0. The van der Waals surface area contributed by atoms with Crippen molar-refractivity contribution in [3.63, 3.8) is 0 Å². The summed E-state index contributed by atoms with van der Waals surface area (Å²) in [6.07, 6.45) is 6.06. The maximum atomic E-state index is 11.6. The highest BCUT2D eigenvalue weighted by Gasteiger charge is 2.41. The van der Waals surface area contributed by atoms with Crippen LogP contribution in [-0.4, -0.2) is 5.78 Å². The number of carbonyl (C=O) groups excluding carboxylic acids is 1. The lowest BCUT2D eigenvalue weighted by atomic mass is 9.82. The topological polar surface area (TPSA) is 17.1 Å². The average molecular weight is 192 g/mol. The van der Waals surface area contributed by atoms with E-state index in [4.69, 9.17) is 0 Å². The van der Waals surface area contributed by atoms with Gasteiger partial charge in [-0.2, -0.15) is 0 Å². The van der Waals surface area contributed by atoms with Crippen LogP contribution in [0.1, 0.15) is 26.7 Å². The molecule has 1 nitrogen and oxygen atoms in total. The molecule has 1 aliphatic carbocycles. The largest absolute Gasteiger partial charge is 0.300 e. The molecule has 1 fully saturated rings. The normalized spacial score (nSPS) is 36.7. The first-order valence-electron chi connectivity index (χ1n) is 5.41. The summed E-state index contributed by atoms with van der Waals surface area (Å²) in [7, 11) is 0. The van der Waals surface area contributed by atoms with E-state index < -0.39 is 0 Å². The zero-order valence-corrected chi connectivity index (χ0v) is 9.20. The van der Waals surface area contributed by atoms with Gasteiger partial charge in [0.1, 0.15) is 5.78 Å². The summed E-state index contributed by atoms with van der Waals surface area (Å²) >= 11 is 0. The maximum Gasteiger partial charge on any atom is 0.133 e. The Morgan fingerprint density at radius 1 is 1.36 bits per heavy atom. The molecule has 0 amide bonds. The molecule has 0 aliphatic heterocycles. The third-order valence-corrected chi connectivity index (χ3v) is 3.56. The van der Waals surface area contributed by atoms with Gasteiger partial charge in [0.05, 0.1) is 0 Å². The molecule has 0 aromatic heterocycles. The van der Waals surface area contributed by atoms with Crippen LogP contribution in [0, 0.1) is 23.7 Å². The van der Waals surface area contributed by atoms with Gasteiger partial charge in [-0.3, -0.25) is 4.79 Å². The lowest BCUT2D eigenvalue weighted by molar-refractivity contribution is -0.122. The molecule has 0 radical (unpaired) electrons. The summed E-state index contributed by atoms with van der Waals surface area (Å²) < 4.78 is 0. The van der Waals surface area contributed by atoms with E-state index >= 15 is 0 Å². The van der Waals surface area contributed by atoms with E-state index in [9.17, 15) is 4.79 Å². The van der Waals surface area contributed by atoms with Gasteiger partial charge in [-0.15, -0.1) is 13.2 Å². The van der Waals surface area contributed by atoms with Crippen LogP contribution in [0.3, 0.4) is 0 Å². The molecule has 1 heteroatoms. The molecule has 0 heterocycles. The minimum atomic E-state index is 0.181. The Kier molecular flexibility index (Phi) is 3.68. The van der Waals surface area contributed by atoms with Crippen LogP contribution < -0.4 is 0 Å². The molecule has 4 atom stereocenters. The molecular formula is C13H20O. The Bertz CT molecular complexity index is 242. The van der Waals surface area contributed by atoms with Gasteiger partial charge >= 0.3 is 0 Å². The van der Waals surface area contributed by atoms with Crippen LogP contribution in [0.4, 0.5) is 0 Å². The van der Waals surface area contributed by atoms with Crippen molar-refractivity contribution in [2.75, 3.05) is 0 Å². The number of hydrogen-bond acceptors (Lipinski definition) is 1. The number of hydrogen-bond donors (Lipinski definition) is 0. The van der Waals surface area contributed by atoms with Crippen LogP contribution in [-0.2, 0) is 4.79 Å². The first-order valence-corrected chi connectivity index (χ1v) is 5.41. The molecule has 0 aromatic carbocycles. The first-order chi connectivity index (χ1) is 6.65. The quantitative estimate of drug-likeness (QED) is 0.625. The number of Topliss-reactive ketones (excluding diaryl/α,β-unsaturated/α-hetero) is 1. The lowest BCUT2D eigenvalue weighted by Crippen LogP contribution is -2.22. The molecule has 0 saturated heterocycles. The fraction of sp³-hybridized carbons (Fsp3) is 0.615. The standard InChI is InChI=1S/C13H20O/c1-5-10-8-11(6-2)13(9(4)14)12(10)7-3/h5-6,10-13H,1-2,7-8H2,3-4H3. The smallest absolute Gasteiger partial charge is 0.133 e. The van der Waals surface area contributed by atoms with Crippen molar-refractivity contribution in [3.8, 4) is 0 Å². The SMILES string of the molecule is C=CC1CC(C=C)C(C(C)=O)C1CC. The third-order valence-electron chi connectivity index (χ3n) is 3.56. The third kappa shape index (κ3) is 1.82. The van der Waals surface area contributed by atoms with E-state index in [0.29, 0.717) is 23.5 Å². The van der Waals surface area contributed by atoms with Crippen LogP contribution in [0.15, 0.2) is 25.3 Å². The Labute approximate surface area is 86.9 Å². The van der Waals surface area contributed by atoms with Crippen molar-refractivity contribution in [1.29, 1.82) is 0 Å². The molecule has 0 bridgehead atoms. The van der Waals surface area contributed by atoms with E-state index in [1.165, 1.54) is 0 Å². The zero-order valence-electron chi connectivity index (χ0n) is 9.20. The van der Waals surface area contributed by atoms with Gasteiger partial charge in [0.2, 0.25) is 0 Å². The summed E-state index contributed by atoms with van der Waals surface area (Å²) in [4.78, 5) is 11.6. The van der Waals surface area contributed by atoms with Gasteiger partial charge in [0.25, 0.3) is 0 Å². The Morgan fingerprint density at radius 3 is 2.29 bits per heavy atom. The zero-order chi connectivity index (χ0) is 10.7. The number of ketones is 1. The summed E-state index contributed by atoms with van der Waals surface area (Å²) in [5, 5.41) is 0. The van der Waals surface area contributed by atoms with Gasteiger partial charge < -0.3 is 0 Å². The highest BCUT2D eigenvalue weighted by Crippen LogP contribution is 2.44. The molecule has 0 spiro atoms. The molecule has 1 aliphatic rings. The van der Waals surface area contributed by atoms with Gasteiger partial charge in [0.15, 0.2) is 0 Å². The molecule has 0 N–H and O–H groups in total. The predicted octanol–water partition coefficient (Wildman–Crippen LogP) is 3.23. The average Bonchev–Trinajstić information content (AvgIpc) is 2.54. The number of rotatable bonds is 4. The Balaban J connectivity index is 2.90. The molecule has 1 rings (SSSR count). The number of allylic oxidation sites excluding steroid dienone is 2. The van der Waals surface area contributed by atoms with Gasteiger partial charge in [-0.25, -0.2) is 0 Å². The van der Waals surface area contributed by atoms with Crippen molar-refractivity contribution >= 4 is 5.78 Å². The van der Waals surface area contributed by atoms with Crippen LogP contribution in [0.2, 0.25) is 0 Å². The van der Waals surface area contributed by atoms with E-state index in [-0.39, 0.29) is 5.92 Å². The second-order valence-corrected chi connectivity index (χ2v) is 4.24. The van der Waals surface area contributed by atoms with E-state index in [2.05, 4.69) is 20.1 Å². The van der Waals surface area contributed by atoms with Gasteiger partial charge in [-0.1, -0.05) is 25.5 Å². The van der Waals surface area contributed by atoms with Crippen LogP contribution >= 0.6 is 0 Å². The molecular weight excluding hydrogens is 172 g/mol. The second kappa shape index (κ2) is 4.59. The van der Waals surface area contributed by atoms with E-state index in [0.717, 1.165) is 12.8 Å². The van der Waals surface area contributed by atoms with Crippen LogP contribution in [0.5, 0.6) is 0 Å². The minimum absolute atomic E-state index is 0.181. The highest BCUT2D eigenvalue weighted by molar-refractivity contribution is 5.79. The first kappa shape index (κ1) is 11.2. The van der Waals surface area contributed by atoms with Crippen molar-refractivity contribution in [1.82, 2.24) is 0 Å². The molecule has 4 unspecified atom stereocenters. The van der Waals surface area contributed by atoms with Crippen molar-refractivity contribution in [3.05, 3.63) is 25.3 Å². The van der Waals surface area contributed by atoms with Crippen molar-refractivity contribution in [2.24, 2.45) is 23.7 Å². The second-order valence-electron chi connectivity index (χ2n) is 4.24. The maximum absolute atomic E-state index is 11.6. The number of carbonyl (C=O) groups is 1. The molecule has 1 saturated carbocycles. The Morgan fingerprint density at radius 2 is 1.93 bits per heavy atom. The fourth-order valence-corrected chi connectivity index (χ4v) is 2.89. The highest BCUT2D eigenvalue weighted by atomic mass is 16.1. The summed E-state index contributed by atoms with van der Waals surface area (Å²) in [5.74, 6) is 1.83. The monoisotopic (exact) mass is 192 g/mol. The molecule has 14 heavy (non-hydrogen) atoms. The van der Waals surface area contributed by atoms with Crippen molar-refractivity contribution < 1.29 is 4.79 Å². The Hall–Kier alpha value is -0.850. The van der Waals surface area contributed by atoms with E-state index in [1.54, 1.807) is 6.92 Å². The summed E-state index contributed by atoms with van der Waals surface area (Å²) in [6.45, 7) is 11.5. The van der Waals surface area contributed by atoms with E-state index in [1.807, 2.05) is 12.2 Å². The minimum Gasteiger partial charge on any atom is -0.300 e. The van der Waals surface area contributed by atoms with Crippen molar-refractivity contribution in [2.45, 2.75) is 26.7 Å². The summed E-state index contributed by atoms with van der Waals surface area (Å²) in [6, 6.07) is 0.